The van der Waals surface area contributed by atoms with Crippen LogP contribution in [0, 0.1) is 40.4 Å². The lowest BCUT2D eigenvalue weighted by Crippen LogP contribution is -2.73. The Morgan fingerprint density at radius 3 is 2.41 bits per heavy atom. The van der Waals surface area contributed by atoms with Crippen molar-refractivity contribution in [2.24, 2.45) is 40.4 Å². The van der Waals surface area contributed by atoms with Crippen LogP contribution in [0.3, 0.4) is 0 Å². The number of aliphatic hydroxyl groups is 3. The second kappa shape index (κ2) is 6.02. The van der Waals surface area contributed by atoms with Crippen LogP contribution in [0.4, 0.5) is 0 Å². The molecule has 3 aliphatic carbocycles. The van der Waals surface area contributed by atoms with Gasteiger partial charge in [-0.3, -0.25) is 4.79 Å². The van der Waals surface area contributed by atoms with Gasteiger partial charge in [0.1, 0.15) is 0 Å². The van der Waals surface area contributed by atoms with Crippen molar-refractivity contribution in [2.75, 3.05) is 7.11 Å². The van der Waals surface area contributed by atoms with Gasteiger partial charge in [0, 0.05) is 23.2 Å². The number of carbonyl (C=O) groups is 1. The highest BCUT2D eigenvalue weighted by Crippen LogP contribution is 2.68. The van der Waals surface area contributed by atoms with Gasteiger partial charge >= 0.3 is 0 Å². The summed E-state index contributed by atoms with van der Waals surface area (Å²) in [6.07, 6.45) is -0.173. The van der Waals surface area contributed by atoms with E-state index in [4.69, 9.17) is 9.47 Å². The van der Waals surface area contributed by atoms with Gasteiger partial charge in [0.25, 0.3) is 0 Å². The highest BCUT2D eigenvalue weighted by atomic mass is 16.6. The fraction of sp³-hybridized carbons (Fsp3) is 0.857. The van der Waals surface area contributed by atoms with Crippen LogP contribution < -0.4 is 0 Å². The zero-order valence-corrected chi connectivity index (χ0v) is 16.8. The van der Waals surface area contributed by atoms with Crippen molar-refractivity contribution in [3.05, 3.63) is 11.8 Å². The zero-order valence-electron chi connectivity index (χ0n) is 16.8. The summed E-state index contributed by atoms with van der Waals surface area (Å²) in [5.41, 5.74) is -1.36. The number of rotatable bonds is 1. The Morgan fingerprint density at radius 2 is 1.78 bits per heavy atom. The molecule has 0 aromatic heterocycles. The third-order valence-electron chi connectivity index (χ3n) is 8.67. The Morgan fingerprint density at radius 1 is 1.11 bits per heavy atom. The molecule has 0 unspecified atom stereocenters. The molecule has 2 saturated carbocycles. The van der Waals surface area contributed by atoms with E-state index in [1.807, 2.05) is 19.9 Å². The molecule has 4 rings (SSSR count). The highest BCUT2D eigenvalue weighted by Gasteiger charge is 2.72. The minimum Gasteiger partial charge on any atom is -0.493 e. The quantitative estimate of drug-likeness (QED) is 0.638. The molecule has 0 aromatic carbocycles. The van der Waals surface area contributed by atoms with E-state index in [0.717, 1.165) is 0 Å². The van der Waals surface area contributed by atoms with Gasteiger partial charge in [-0.15, -0.1) is 0 Å². The topological polar surface area (TPSA) is 96.2 Å². The Labute approximate surface area is 160 Å². The van der Waals surface area contributed by atoms with Crippen LogP contribution in [0.25, 0.3) is 0 Å². The van der Waals surface area contributed by atoms with E-state index in [1.165, 1.54) is 7.11 Å². The monoisotopic (exact) mass is 380 g/mol. The van der Waals surface area contributed by atoms with Crippen LogP contribution >= 0.6 is 0 Å². The summed E-state index contributed by atoms with van der Waals surface area (Å²) < 4.78 is 11.4. The number of fused-ring (bicyclic) bond motifs is 2. The molecule has 11 atom stereocenters. The molecule has 1 heterocycles. The molecule has 4 aliphatic rings. The summed E-state index contributed by atoms with van der Waals surface area (Å²) in [5, 5.41) is 32.4. The van der Waals surface area contributed by atoms with Gasteiger partial charge in [-0.2, -0.15) is 0 Å². The van der Waals surface area contributed by atoms with Gasteiger partial charge < -0.3 is 24.8 Å². The predicted molar refractivity (Wildman–Crippen MR) is 97.2 cm³/mol. The number of aliphatic hydroxyl groups excluding tert-OH is 3. The summed E-state index contributed by atoms with van der Waals surface area (Å²) >= 11 is 0. The van der Waals surface area contributed by atoms with Gasteiger partial charge in [-0.25, -0.2) is 0 Å². The van der Waals surface area contributed by atoms with Gasteiger partial charge in [0.2, 0.25) is 5.78 Å². The van der Waals surface area contributed by atoms with Crippen LogP contribution in [0.1, 0.15) is 40.5 Å². The molecular weight excluding hydrogens is 348 g/mol. The van der Waals surface area contributed by atoms with Crippen molar-refractivity contribution < 1.29 is 29.6 Å². The molecule has 6 heteroatoms. The lowest BCUT2D eigenvalue weighted by atomic mass is 9.38. The first-order valence-electron chi connectivity index (χ1n) is 10.1. The lowest BCUT2D eigenvalue weighted by Gasteiger charge is -2.69. The Hall–Kier alpha value is -0.950. The largest absolute Gasteiger partial charge is 0.493 e. The molecule has 0 spiro atoms. The predicted octanol–water partition coefficient (Wildman–Crippen LogP) is 1.48. The van der Waals surface area contributed by atoms with Crippen LogP contribution in [-0.4, -0.2) is 52.8 Å². The molecule has 1 aliphatic heterocycles. The Bertz CT molecular complexity index is 676. The smallest absolute Gasteiger partial charge is 0.203 e. The minimum atomic E-state index is -1.03. The minimum absolute atomic E-state index is 0.0348. The Balaban J connectivity index is 1.91. The Kier molecular flexibility index (Phi) is 4.32. The van der Waals surface area contributed by atoms with E-state index in [1.54, 1.807) is 0 Å². The number of ether oxygens (including phenoxy) is 2. The van der Waals surface area contributed by atoms with Crippen LogP contribution in [0.15, 0.2) is 11.8 Å². The molecule has 27 heavy (non-hydrogen) atoms. The molecular formula is C21H32O6. The zero-order chi connectivity index (χ0) is 19.9. The fourth-order valence-corrected chi connectivity index (χ4v) is 7.37. The van der Waals surface area contributed by atoms with Gasteiger partial charge in [0.15, 0.2) is 12.0 Å². The molecule has 0 amide bonds. The molecule has 6 nitrogen and oxygen atoms in total. The number of carbonyl (C=O) groups excluding carboxylic acids is 1. The highest BCUT2D eigenvalue weighted by molar-refractivity contribution is 5.99. The van der Waals surface area contributed by atoms with E-state index < -0.39 is 35.2 Å². The lowest BCUT2D eigenvalue weighted by molar-refractivity contribution is -0.325. The summed E-state index contributed by atoms with van der Waals surface area (Å²) in [6, 6.07) is 0. The van der Waals surface area contributed by atoms with Crippen LogP contribution in [-0.2, 0) is 14.3 Å². The van der Waals surface area contributed by atoms with E-state index in [-0.39, 0.29) is 35.6 Å². The van der Waals surface area contributed by atoms with Crippen molar-refractivity contribution in [3.63, 3.8) is 0 Å². The van der Waals surface area contributed by atoms with Crippen molar-refractivity contribution in [1.29, 1.82) is 0 Å². The average molecular weight is 380 g/mol. The maximum absolute atomic E-state index is 13.5. The first-order chi connectivity index (χ1) is 12.6. The standard InChI is InChI=1S/C21H32O6/c1-9-6-13(26-5)19(25)21(4)11(9)7-14-20(3)12(8-15(22)27-14)10(2)16(23)17(24)18(20)21/h6,9-12,14-18,22-24H,7-8H2,1-5H3/t9-,10-,11-,12+,14-,15+,16+,17+,18-,20-,21+/m1/s1. The molecule has 1 saturated heterocycles. The number of ketones is 1. The summed E-state index contributed by atoms with van der Waals surface area (Å²) in [4.78, 5) is 13.5. The SMILES string of the molecule is COC1=C[C@@H](C)[C@H]2C[C@H]3O[C@H](O)C[C@H]4[C@@H](C)[C@H](O)[C@H](O)[C@@H]([C@@]2(C)C1=O)[C@@]34C. The number of methoxy groups -OCH3 is 1. The van der Waals surface area contributed by atoms with Crippen LogP contribution in [0.2, 0.25) is 0 Å². The number of hydrogen-bond donors (Lipinski definition) is 3. The van der Waals surface area contributed by atoms with Gasteiger partial charge in [-0.1, -0.05) is 27.7 Å². The van der Waals surface area contributed by atoms with Gasteiger partial charge in [0.05, 0.1) is 25.4 Å². The third-order valence-corrected chi connectivity index (χ3v) is 8.67. The van der Waals surface area contributed by atoms with Crippen molar-refractivity contribution in [2.45, 2.75) is 65.1 Å². The van der Waals surface area contributed by atoms with Crippen molar-refractivity contribution in [3.8, 4) is 0 Å². The van der Waals surface area contributed by atoms with Crippen LogP contribution in [0.5, 0.6) is 0 Å². The summed E-state index contributed by atoms with van der Waals surface area (Å²) in [6.45, 7) is 7.99. The van der Waals surface area contributed by atoms with E-state index in [0.29, 0.717) is 18.6 Å². The number of allylic oxidation sites excluding steroid dienone is 2. The molecule has 0 bridgehead atoms. The normalized spacial score (nSPS) is 57.4. The van der Waals surface area contributed by atoms with E-state index >= 15 is 0 Å². The molecule has 0 aromatic rings. The van der Waals surface area contributed by atoms with Gasteiger partial charge in [-0.05, 0) is 36.2 Å². The fourth-order valence-electron chi connectivity index (χ4n) is 7.37. The molecule has 3 N–H and O–H groups in total. The maximum atomic E-state index is 13.5. The first-order valence-corrected chi connectivity index (χ1v) is 10.1. The first kappa shape index (κ1) is 19.4. The average Bonchev–Trinajstić information content (AvgIpc) is 2.61. The number of hydrogen-bond acceptors (Lipinski definition) is 6. The van der Waals surface area contributed by atoms with Crippen molar-refractivity contribution in [1.82, 2.24) is 0 Å². The molecule has 152 valence electrons. The molecule has 0 radical (unpaired) electrons. The molecule has 3 fully saturated rings. The third kappa shape index (κ3) is 2.24. The van der Waals surface area contributed by atoms with E-state index in [2.05, 4.69) is 13.8 Å². The van der Waals surface area contributed by atoms with E-state index in [9.17, 15) is 20.1 Å². The summed E-state index contributed by atoms with van der Waals surface area (Å²) in [7, 11) is 1.50. The van der Waals surface area contributed by atoms with Crippen molar-refractivity contribution >= 4 is 5.78 Å². The number of Topliss-reactive ketones (excluding diaryl/α,β-unsaturated/α-hetero) is 1. The second-order valence-corrected chi connectivity index (χ2v) is 9.65. The second-order valence-electron chi connectivity index (χ2n) is 9.65. The maximum Gasteiger partial charge on any atom is 0.203 e. The summed E-state index contributed by atoms with van der Waals surface area (Å²) in [5.74, 6) is -0.416.